The van der Waals surface area contributed by atoms with Gasteiger partial charge in [0.25, 0.3) is 0 Å². The Balaban J connectivity index is 1.89. The molecule has 0 aromatic heterocycles. The summed E-state index contributed by atoms with van der Waals surface area (Å²) in [6.07, 6.45) is -3.84. The second kappa shape index (κ2) is 4.13. The molecule has 2 atom stereocenters. The van der Waals surface area contributed by atoms with Crippen molar-refractivity contribution in [3.63, 3.8) is 0 Å². The molecule has 1 aromatic carbocycles. The fourth-order valence-corrected chi connectivity index (χ4v) is 2.65. The summed E-state index contributed by atoms with van der Waals surface area (Å²) in [5, 5.41) is 2.85. The first-order chi connectivity index (χ1) is 8.93. The van der Waals surface area contributed by atoms with E-state index >= 15 is 0 Å². The monoisotopic (exact) mass is 271 g/mol. The van der Waals surface area contributed by atoms with Gasteiger partial charge in [0.05, 0.1) is 6.61 Å². The van der Waals surface area contributed by atoms with E-state index in [1.807, 2.05) is 31.2 Å². The molecule has 1 N–H and O–H groups in total. The Morgan fingerprint density at radius 3 is 2.58 bits per heavy atom. The molecule has 1 aliphatic heterocycles. The molecule has 1 saturated carbocycles. The van der Waals surface area contributed by atoms with Crippen molar-refractivity contribution >= 4 is 0 Å². The van der Waals surface area contributed by atoms with Crippen LogP contribution < -0.4 is 10.1 Å². The summed E-state index contributed by atoms with van der Waals surface area (Å²) in [4.78, 5) is 0. The first kappa shape index (κ1) is 12.8. The van der Waals surface area contributed by atoms with E-state index in [-0.39, 0.29) is 24.8 Å². The number of rotatable bonds is 2. The number of benzene rings is 1. The molecule has 2 aliphatic rings. The molecule has 104 valence electrons. The van der Waals surface area contributed by atoms with Crippen molar-refractivity contribution in [1.29, 1.82) is 0 Å². The van der Waals surface area contributed by atoms with Crippen molar-refractivity contribution in [2.45, 2.75) is 37.5 Å². The number of nitrogens with one attached hydrogen (secondary N) is 1. The van der Waals surface area contributed by atoms with Crippen molar-refractivity contribution in [2.75, 3.05) is 6.61 Å². The Bertz CT molecular complexity index is 482. The fraction of sp³-hybridized carbons (Fsp3) is 0.571. The summed E-state index contributed by atoms with van der Waals surface area (Å²) in [6.45, 7) is 2.36. The van der Waals surface area contributed by atoms with Crippen molar-refractivity contribution in [1.82, 2.24) is 5.32 Å². The zero-order chi connectivity index (χ0) is 13.7. The minimum atomic E-state index is -4.18. The Hall–Kier alpha value is -1.23. The highest BCUT2D eigenvalue weighted by molar-refractivity contribution is 5.38. The van der Waals surface area contributed by atoms with Gasteiger partial charge in [0.15, 0.2) is 0 Å². The standard InChI is InChI=1S/C14H16F3NO/c1-9-8-19-11-5-3-2-4-10(11)12(9)18-13(6-7-13)14(15,16)17/h2-5,9,12,18H,6-8H2,1H3. The van der Waals surface area contributed by atoms with Gasteiger partial charge in [-0.3, -0.25) is 5.32 Å². The van der Waals surface area contributed by atoms with E-state index < -0.39 is 11.7 Å². The van der Waals surface area contributed by atoms with Crippen molar-refractivity contribution < 1.29 is 17.9 Å². The minimum absolute atomic E-state index is 0.0229. The molecule has 1 aromatic rings. The molecule has 19 heavy (non-hydrogen) atoms. The van der Waals surface area contributed by atoms with Crippen LogP contribution in [-0.4, -0.2) is 18.3 Å². The van der Waals surface area contributed by atoms with Crippen LogP contribution in [-0.2, 0) is 0 Å². The van der Waals surface area contributed by atoms with Gasteiger partial charge in [-0.25, -0.2) is 0 Å². The van der Waals surface area contributed by atoms with E-state index in [4.69, 9.17) is 4.74 Å². The first-order valence-corrected chi connectivity index (χ1v) is 6.49. The number of halogens is 3. The molecule has 0 saturated heterocycles. The molecule has 1 fully saturated rings. The smallest absolute Gasteiger partial charge is 0.406 e. The van der Waals surface area contributed by atoms with Gasteiger partial charge in [0.1, 0.15) is 11.3 Å². The van der Waals surface area contributed by atoms with Gasteiger partial charge in [-0.05, 0) is 18.9 Å². The molecular weight excluding hydrogens is 255 g/mol. The quantitative estimate of drug-likeness (QED) is 0.889. The van der Waals surface area contributed by atoms with Crippen molar-refractivity contribution in [3.05, 3.63) is 29.8 Å². The van der Waals surface area contributed by atoms with E-state index in [2.05, 4.69) is 5.32 Å². The van der Waals surface area contributed by atoms with Gasteiger partial charge in [0.2, 0.25) is 0 Å². The fourth-order valence-electron chi connectivity index (χ4n) is 2.65. The number of hydrogen-bond acceptors (Lipinski definition) is 2. The van der Waals surface area contributed by atoms with Crippen LogP contribution in [0.4, 0.5) is 13.2 Å². The second-order valence-electron chi connectivity index (χ2n) is 5.53. The van der Waals surface area contributed by atoms with Gasteiger partial charge in [-0.15, -0.1) is 0 Å². The highest BCUT2D eigenvalue weighted by Crippen LogP contribution is 2.51. The van der Waals surface area contributed by atoms with Crippen LogP contribution in [0.3, 0.4) is 0 Å². The summed E-state index contributed by atoms with van der Waals surface area (Å²) in [6, 6.07) is 7.03. The van der Waals surface area contributed by atoms with Crippen LogP contribution in [0.25, 0.3) is 0 Å². The van der Waals surface area contributed by atoms with Crippen LogP contribution >= 0.6 is 0 Å². The Morgan fingerprint density at radius 2 is 1.95 bits per heavy atom. The summed E-state index contributed by atoms with van der Waals surface area (Å²) < 4.78 is 44.7. The molecular formula is C14H16F3NO. The molecule has 0 spiro atoms. The Morgan fingerprint density at radius 1 is 1.26 bits per heavy atom. The number of alkyl halides is 3. The molecule has 1 heterocycles. The molecule has 2 nitrogen and oxygen atoms in total. The lowest BCUT2D eigenvalue weighted by Gasteiger charge is -2.35. The third-order valence-corrected chi connectivity index (χ3v) is 4.05. The highest BCUT2D eigenvalue weighted by Gasteiger charge is 2.64. The molecule has 3 rings (SSSR count). The van der Waals surface area contributed by atoms with E-state index in [1.54, 1.807) is 0 Å². The lowest BCUT2D eigenvalue weighted by atomic mass is 9.91. The zero-order valence-electron chi connectivity index (χ0n) is 10.6. The molecule has 0 amide bonds. The second-order valence-corrected chi connectivity index (χ2v) is 5.53. The lowest BCUT2D eigenvalue weighted by Crippen LogP contribution is -2.49. The lowest BCUT2D eigenvalue weighted by molar-refractivity contribution is -0.169. The maximum Gasteiger partial charge on any atom is 0.406 e. The average molecular weight is 271 g/mol. The Labute approximate surface area is 109 Å². The van der Waals surface area contributed by atoms with Crippen LogP contribution in [0.1, 0.15) is 31.4 Å². The predicted octanol–water partition coefficient (Wildman–Crippen LogP) is 3.44. The van der Waals surface area contributed by atoms with E-state index in [0.717, 1.165) is 5.56 Å². The van der Waals surface area contributed by atoms with Gasteiger partial charge in [-0.1, -0.05) is 25.1 Å². The topological polar surface area (TPSA) is 21.3 Å². The van der Waals surface area contributed by atoms with Crippen LogP contribution in [0.2, 0.25) is 0 Å². The SMILES string of the molecule is CC1COc2ccccc2C1NC1(C(F)(F)F)CC1. The van der Waals surface area contributed by atoms with E-state index in [9.17, 15) is 13.2 Å². The van der Waals surface area contributed by atoms with Gasteiger partial charge < -0.3 is 4.74 Å². The van der Waals surface area contributed by atoms with E-state index in [0.29, 0.717) is 12.4 Å². The number of para-hydroxylation sites is 1. The maximum atomic E-state index is 13.1. The van der Waals surface area contributed by atoms with Gasteiger partial charge >= 0.3 is 6.18 Å². The highest BCUT2D eigenvalue weighted by atomic mass is 19.4. The number of hydrogen-bond donors (Lipinski definition) is 1. The van der Waals surface area contributed by atoms with Crippen molar-refractivity contribution in [3.8, 4) is 5.75 Å². The zero-order valence-corrected chi connectivity index (χ0v) is 10.6. The number of ether oxygens (including phenoxy) is 1. The molecule has 5 heteroatoms. The summed E-state index contributed by atoms with van der Waals surface area (Å²) >= 11 is 0. The molecule has 2 unspecified atom stereocenters. The first-order valence-electron chi connectivity index (χ1n) is 6.49. The minimum Gasteiger partial charge on any atom is -0.493 e. The molecule has 0 radical (unpaired) electrons. The molecule has 1 aliphatic carbocycles. The summed E-state index contributed by atoms with van der Waals surface area (Å²) in [5.74, 6) is 0.714. The third kappa shape index (κ3) is 2.10. The van der Waals surface area contributed by atoms with E-state index in [1.165, 1.54) is 0 Å². The summed E-state index contributed by atoms with van der Waals surface area (Å²) in [5.41, 5.74) is -0.854. The number of fused-ring (bicyclic) bond motifs is 1. The van der Waals surface area contributed by atoms with Crippen molar-refractivity contribution in [2.24, 2.45) is 5.92 Å². The largest absolute Gasteiger partial charge is 0.493 e. The maximum absolute atomic E-state index is 13.1. The van der Waals surface area contributed by atoms with Gasteiger partial charge in [-0.2, -0.15) is 13.2 Å². The molecule has 0 bridgehead atoms. The Kier molecular flexibility index (Phi) is 2.78. The summed E-state index contributed by atoms with van der Waals surface area (Å²) in [7, 11) is 0. The van der Waals surface area contributed by atoms with Crippen LogP contribution in [0.5, 0.6) is 5.75 Å². The third-order valence-electron chi connectivity index (χ3n) is 4.05. The predicted molar refractivity (Wildman–Crippen MR) is 65.0 cm³/mol. The van der Waals surface area contributed by atoms with Crippen LogP contribution in [0.15, 0.2) is 24.3 Å². The van der Waals surface area contributed by atoms with Crippen LogP contribution in [0, 0.1) is 5.92 Å². The average Bonchev–Trinajstić information content (AvgIpc) is 3.13. The normalized spacial score (nSPS) is 28.4. The van der Waals surface area contributed by atoms with Gasteiger partial charge in [0, 0.05) is 17.5 Å².